The van der Waals surface area contributed by atoms with Crippen molar-refractivity contribution in [1.29, 1.82) is 0 Å². The van der Waals surface area contributed by atoms with Gasteiger partial charge in [-0.25, -0.2) is 15.0 Å². The van der Waals surface area contributed by atoms with E-state index in [9.17, 15) is 0 Å². The second-order valence-corrected chi connectivity index (χ2v) is 12.4. The van der Waals surface area contributed by atoms with Gasteiger partial charge in [-0.1, -0.05) is 140 Å². The van der Waals surface area contributed by atoms with E-state index in [4.69, 9.17) is 19.4 Å². The van der Waals surface area contributed by atoms with Gasteiger partial charge in [0, 0.05) is 32.8 Å². The summed E-state index contributed by atoms with van der Waals surface area (Å²) in [6.07, 6.45) is 0. The summed E-state index contributed by atoms with van der Waals surface area (Å²) in [4.78, 5) is 15.3. The van der Waals surface area contributed by atoms with Crippen LogP contribution in [0.25, 0.3) is 99.5 Å². The van der Waals surface area contributed by atoms with E-state index in [-0.39, 0.29) is 0 Å². The number of nitrogens with zero attached hydrogens (tertiary/aromatic N) is 3. The van der Waals surface area contributed by atoms with E-state index in [1.165, 1.54) is 21.9 Å². The maximum atomic E-state index is 6.41. The quantitative estimate of drug-likeness (QED) is 0.195. The van der Waals surface area contributed by atoms with Gasteiger partial charge in [0.2, 0.25) is 0 Å². The smallest absolute Gasteiger partial charge is 0.164 e. The summed E-state index contributed by atoms with van der Waals surface area (Å²) in [6.45, 7) is 0. The van der Waals surface area contributed by atoms with Crippen LogP contribution < -0.4 is 0 Å². The van der Waals surface area contributed by atoms with Crippen LogP contribution in [0.4, 0.5) is 0 Å². The summed E-state index contributed by atoms with van der Waals surface area (Å²) in [5.74, 6) is 1.88. The molecule has 0 N–H and O–H groups in total. The molecule has 49 heavy (non-hydrogen) atoms. The summed E-state index contributed by atoms with van der Waals surface area (Å²) >= 11 is 0. The van der Waals surface area contributed by atoms with Crippen molar-refractivity contribution in [2.75, 3.05) is 0 Å². The third-order valence-electron chi connectivity index (χ3n) is 9.53. The molecule has 0 fully saturated rings. The van der Waals surface area contributed by atoms with Crippen molar-refractivity contribution >= 4 is 54.3 Å². The second kappa shape index (κ2) is 11.0. The summed E-state index contributed by atoms with van der Waals surface area (Å²) in [7, 11) is 0. The van der Waals surface area contributed by atoms with Crippen molar-refractivity contribution in [2.45, 2.75) is 0 Å². The van der Waals surface area contributed by atoms with E-state index in [1.54, 1.807) is 0 Å². The molecule has 0 spiro atoms. The molecule has 0 radical (unpaired) electrons. The lowest BCUT2D eigenvalue weighted by Gasteiger charge is -2.13. The summed E-state index contributed by atoms with van der Waals surface area (Å²) in [5, 5.41) is 9.05. The molecule has 0 saturated carbocycles. The lowest BCUT2D eigenvalue weighted by molar-refractivity contribution is 0.672. The van der Waals surface area contributed by atoms with Gasteiger partial charge in [-0.05, 0) is 62.3 Å². The molecule has 0 aliphatic heterocycles. The van der Waals surface area contributed by atoms with E-state index in [2.05, 4.69) is 121 Å². The van der Waals surface area contributed by atoms with Crippen LogP contribution in [-0.2, 0) is 0 Å². The van der Waals surface area contributed by atoms with Crippen molar-refractivity contribution in [3.63, 3.8) is 0 Å². The van der Waals surface area contributed by atoms with Gasteiger partial charge in [0.05, 0.1) is 0 Å². The Hall–Kier alpha value is -6.65. The first-order valence-corrected chi connectivity index (χ1v) is 16.4. The Morgan fingerprint density at radius 1 is 0.327 bits per heavy atom. The molecule has 10 rings (SSSR count). The van der Waals surface area contributed by atoms with Crippen LogP contribution in [0.2, 0.25) is 0 Å². The maximum Gasteiger partial charge on any atom is 0.164 e. The topological polar surface area (TPSA) is 51.8 Å². The highest BCUT2D eigenvalue weighted by Gasteiger charge is 2.18. The van der Waals surface area contributed by atoms with Crippen LogP contribution in [-0.4, -0.2) is 15.0 Å². The molecule has 0 aliphatic carbocycles. The fourth-order valence-corrected chi connectivity index (χ4v) is 7.19. The van der Waals surface area contributed by atoms with Crippen molar-refractivity contribution < 1.29 is 4.42 Å². The molecular weight excluding hydrogens is 599 g/mol. The summed E-state index contributed by atoms with van der Waals surface area (Å²) in [6, 6.07) is 56.9. The number of rotatable bonds is 4. The Kier molecular flexibility index (Phi) is 6.15. The van der Waals surface area contributed by atoms with Gasteiger partial charge in [-0.3, -0.25) is 0 Å². The van der Waals surface area contributed by atoms with Gasteiger partial charge in [-0.2, -0.15) is 0 Å². The van der Waals surface area contributed by atoms with Gasteiger partial charge in [0.1, 0.15) is 11.2 Å². The molecule has 0 saturated heterocycles. The molecule has 2 aromatic heterocycles. The van der Waals surface area contributed by atoms with Crippen LogP contribution in [0.1, 0.15) is 0 Å². The normalized spacial score (nSPS) is 11.7. The molecule has 4 nitrogen and oxygen atoms in total. The number of furan rings is 1. The SMILES string of the molecule is c1ccc(-c2nc(-c3ccc4oc5c6ccccc6ccc5c4c3)nc(-c3cccc4c(-c5cccc6ccccc56)cccc34)n2)cc1. The first-order valence-electron chi connectivity index (χ1n) is 16.4. The van der Waals surface area contributed by atoms with Crippen LogP contribution in [0.15, 0.2) is 168 Å². The minimum Gasteiger partial charge on any atom is -0.455 e. The van der Waals surface area contributed by atoms with Gasteiger partial charge < -0.3 is 4.42 Å². The highest BCUT2D eigenvalue weighted by Crippen LogP contribution is 2.39. The van der Waals surface area contributed by atoms with Crippen molar-refractivity contribution in [2.24, 2.45) is 0 Å². The van der Waals surface area contributed by atoms with Gasteiger partial charge in [0.15, 0.2) is 17.5 Å². The number of fused-ring (bicyclic) bond motifs is 7. The Morgan fingerprint density at radius 2 is 0.898 bits per heavy atom. The minimum atomic E-state index is 0.614. The van der Waals surface area contributed by atoms with Crippen molar-refractivity contribution in [3.8, 4) is 45.3 Å². The molecule has 0 unspecified atom stereocenters. The maximum absolute atomic E-state index is 6.41. The number of aromatic nitrogens is 3. The molecule has 4 heteroatoms. The van der Waals surface area contributed by atoms with Crippen LogP contribution in [0.5, 0.6) is 0 Å². The molecule has 8 aromatic carbocycles. The first kappa shape index (κ1) is 27.5. The predicted octanol–water partition coefficient (Wildman–Crippen LogP) is 11.9. The molecule has 0 aliphatic rings. The highest BCUT2D eigenvalue weighted by atomic mass is 16.3. The van der Waals surface area contributed by atoms with E-state index in [0.29, 0.717) is 17.5 Å². The second-order valence-electron chi connectivity index (χ2n) is 12.4. The summed E-state index contributed by atoms with van der Waals surface area (Å²) < 4.78 is 6.41. The summed E-state index contributed by atoms with van der Waals surface area (Å²) in [5.41, 5.74) is 6.91. The number of benzene rings is 8. The van der Waals surface area contributed by atoms with Gasteiger partial charge in [0.25, 0.3) is 0 Å². The molecule has 2 heterocycles. The van der Waals surface area contributed by atoms with E-state index in [1.807, 2.05) is 42.5 Å². The van der Waals surface area contributed by atoms with E-state index >= 15 is 0 Å². The largest absolute Gasteiger partial charge is 0.455 e. The Labute approximate surface area is 282 Å². The Bertz CT molecular complexity index is 2890. The number of hydrogen-bond acceptors (Lipinski definition) is 4. The molecule has 228 valence electrons. The average Bonchev–Trinajstić information content (AvgIpc) is 3.56. The average molecular weight is 626 g/mol. The zero-order chi connectivity index (χ0) is 32.3. The molecular formula is C45H27N3O. The lowest BCUT2D eigenvalue weighted by atomic mass is 9.92. The van der Waals surface area contributed by atoms with Gasteiger partial charge in [-0.15, -0.1) is 0 Å². The van der Waals surface area contributed by atoms with Crippen LogP contribution >= 0.6 is 0 Å². The number of hydrogen-bond donors (Lipinski definition) is 0. The fourth-order valence-electron chi connectivity index (χ4n) is 7.19. The standard InChI is InChI=1S/C45H27N3O/c1-2-13-30(14-3-1)43-46-44(31-24-26-41-40(27-31)38-25-23-29-12-5-7-17-33(29)42(38)49-41)48-45(47-43)39-22-10-20-36-35(19-9-21-37(36)39)34-18-8-15-28-11-4-6-16-32(28)34/h1-27H. The first-order chi connectivity index (χ1) is 24.3. The molecule has 0 atom stereocenters. The predicted molar refractivity (Wildman–Crippen MR) is 201 cm³/mol. The Morgan fingerprint density at radius 3 is 1.71 bits per heavy atom. The van der Waals surface area contributed by atoms with E-state index < -0.39 is 0 Å². The molecule has 10 aromatic rings. The van der Waals surface area contributed by atoms with E-state index in [0.717, 1.165) is 60.2 Å². The molecule has 0 bridgehead atoms. The zero-order valence-corrected chi connectivity index (χ0v) is 26.3. The zero-order valence-electron chi connectivity index (χ0n) is 26.3. The fraction of sp³-hybridized carbons (Fsp3) is 0. The van der Waals surface area contributed by atoms with Crippen LogP contribution in [0.3, 0.4) is 0 Å². The lowest BCUT2D eigenvalue weighted by Crippen LogP contribution is -2.00. The molecule has 0 amide bonds. The van der Waals surface area contributed by atoms with Crippen LogP contribution in [0, 0.1) is 0 Å². The third kappa shape index (κ3) is 4.49. The monoisotopic (exact) mass is 625 g/mol. The van der Waals surface area contributed by atoms with Crippen molar-refractivity contribution in [1.82, 2.24) is 15.0 Å². The van der Waals surface area contributed by atoms with Gasteiger partial charge >= 0.3 is 0 Å². The minimum absolute atomic E-state index is 0.614. The van der Waals surface area contributed by atoms with Crippen molar-refractivity contribution in [3.05, 3.63) is 164 Å². The highest BCUT2D eigenvalue weighted by molar-refractivity contribution is 6.15. The third-order valence-corrected chi connectivity index (χ3v) is 9.53. The Balaban J connectivity index is 1.18.